The van der Waals surface area contributed by atoms with E-state index in [2.05, 4.69) is 32.9 Å². The molecule has 2 aromatic carbocycles. The number of aliphatic hydroxyl groups excluding tert-OH is 1. The molecule has 100 valence electrons. The Morgan fingerprint density at radius 2 is 1.47 bits per heavy atom. The van der Waals surface area contributed by atoms with Crippen LogP contribution in [0.15, 0.2) is 54.6 Å². The van der Waals surface area contributed by atoms with Crippen LogP contribution in [0.5, 0.6) is 0 Å². The molecule has 1 nitrogen and oxygen atoms in total. The molecule has 0 fully saturated rings. The lowest BCUT2D eigenvalue weighted by atomic mass is 9.86. The fraction of sp³-hybridized carbons (Fsp3) is 0.333. The van der Waals surface area contributed by atoms with E-state index in [1.165, 1.54) is 5.56 Å². The maximum atomic E-state index is 10.3. The summed E-state index contributed by atoms with van der Waals surface area (Å²) in [5, 5.41) is 10.3. The van der Waals surface area contributed by atoms with E-state index in [0.717, 1.165) is 11.1 Å². The first-order valence-corrected chi connectivity index (χ1v) is 6.79. The average Bonchev–Trinajstić information content (AvgIpc) is 2.39. The third kappa shape index (κ3) is 3.68. The smallest absolute Gasteiger partial charge is 0.0830 e. The molecular weight excluding hydrogens is 232 g/mol. The van der Waals surface area contributed by atoms with E-state index in [1.54, 1.807) is 0 Å². The maximum absolute atomic E-state index is 10.3. The van der Waals surface area contributed by atoms with Gasteiger partial charge in [0, 0.05) is 6.42 Å². The van der Waals surface area contributed by atoms with Crippen LogP contribution in [0.25, 0.3) is 0 Å². The van der Waals surface area contributed by atoms with Crippen LogP contribution in [-0.4, -0.2) is 5.11 Å². The largest absolute Gasteiger partial charge is 0.388 e. The fourth-order valence-corrected chi connectivity index (χ4v) is 2.16. The highest BCUT2D eigenvalue weighted by Gasteiger charge is 2.14. The van der Waals surface area contributed by atoms with Gasteiger partial charge in [0.1, 0.15) is 0 Å². The van der Waals surface area contributed by atoms with Crippen LogP contribution in [0.4, 0.5) is 0 Å². The predicted octanol–water partition coefficient (Wildman–Crippen LogP) is 4.26. The van der Waals surface area contributed by atoms with E-state index < -0.39 is 6.10 Å². The van der Waals surface area contributed by atoms with E-state index in [0.29, 0.717) is 6.42 Å². The predicted molar refractivity (Wildman–Crippen MR) is 80.2 cm³/mol. The van der Waals surface area contributed by atoms with Crippen LogP contribution < -0.4 is 0 Å². The zero-order chi connectivity index (χ0) is 13.9. The molecule has 0 bridgehead atoms. The van der Waals surface area contributed by atoms with Crippen molar-refractivity contribution in [1.82, 2.24) is 0 Å². The van der Waals surface area contributed by atoms with Crippen molar-refractivity contribution in [3.63, 3.8) is 0 Å². The van der Waals surface area contributed by atoms with Crippen molar-refractivity contribution >= 4 is 0 Å². The first kappa shape index (κ1) is 13.8. The summed E-state index contributed by atoms with van der Waals surface area (Å²) >= 11 is 0. The number of benzene rings is 2. The van der Waals surface area contributed by atoms with Gasteiger partial charge in [-0.1, -0.05) is 75.4 Å². The standard InChI is InChI=1S/C18H22O/c1-18(2,3)16-11-9-15(10-12-16)17(19)13-14-7-5-4-6-8-14/h4-12,17,19H,13H2,1-3H3. The van der Waals surface area contributed by atoms with Gasteiger partial charge in [0.05, 0.1) is 6.10 Å². The lowest BCUT2D eigenvalue weighted by Crippen LogP contribution is -2.11. The molecule has 19 heavy (non-hydrogen) atoms. The summed E-state index contributed by atoms with van der Waals surface area (Å²) in [4.78, 5) is 0. The molecule has 0 saturated carbocycles. The van der Waals surface area contributed by atoms with Gasteiger partial charge in [-0.25, -0.2) is 0 Å². The lowest BCUT2D eigenvalue weighted by molar-refractivity contribution is 0.178. The number of hydrogen-bond donors (Lipinski definition) is 1. The number of rotatable bonds is 3. The van der Waals surface area contributed by atoms with E-state index >= 15 is 0 Å². The molecule has 2 rings (SSSR count). The summed E-state index contributed by atoms with van der Waals surface area (Å²) in [6.45, 7) is 6.59. The maximum Gasteiger partial charge on any atom is 0.0830 e. The molecule has 0 amide bonds. The molecule has 1 unspecified atom stereocenters. The average molecular weight is 254 g/mol. The monoisotopic (exact) mass is 254 g/mol. The topological polar surface area (TPSA) is 20.2 Å². The van der Waals surface area contributed by atoms with Gasteiger partial charge < -0.3 is 5.11 Å². The Morgan fingerprint density at radius 1 is 0.895 bits per heavy atom. The molecule has 0 radical (unpaired) electrons. The summed E-state index contributed by atoms with van der Waals surface area (Å²) in [5.74, 6) is 0. The summed E-state index contributed by atoms with van der Waals surface area (Å²) in [7, 11) is 0. The SMILES string of the molecule is CC(C)(C)c1ccc(C(O)Cc2ccccc2)cc1. The molecule has 1 N–H and O–H groups in total. The highest BCUT2D eigenvalue weighted by atomic mass is 16.3. The Bertz CT molecular complexity index is 506. The van der Waals surface area contributed by atoms with E-state index in [9.17, 15) is 5.11 Å². The van der Waals surface area contributed by atoms with Crippen molar-refractivity contribution in [3.8, 4) is 0 Å². The quantitative estimate of drug-likeness (QED) is 0.867. The van der Waals surface area contributed by atoms with Crippen LogP contribution in [-0.2, 0) is 11.8 Å². The van der Waals surface area contributed by atoms with Crippen molar-refractivity contribution in [2.24, 2.45) is 0 Å². The minimum Gasteiger partial charge on any atom is -0.388 e. The van der Waals surface area contributed by atoms with E-state index in [1.807, 2.05) is 42.5 Å². The van der Waals surface area contributed by atoms with Crippen LogP contribution in [0.1, 0.15) is 43.6 Å². The van der Waals surface area contributed by atoms with E-state index in [4.69, 9.17) is 0 Å². The first-order valence-electron chi connectivity index (χ1n) is 6.79. The Balaban J connectivity index is 2.10. The molecule has 0 aliphatic rings. The van der Waals surface area contributed by atoms with Crippen molar-refractivity contribution in [3.05, 3.63) is 71.3 Å². The first-order chi connectivity index (χ1) is 8.97. The Hall–Kier alpha value is -1.60. The van der Waals surface area contributed by atoms with Crippen molar-refractivity contribution in [2.45, 2.75) is 38.7 Å². The van der Waals surface area contributed by atoms with Crippen molar-refractivity contribution < 1.29 is 5.11 Å². The fourth-order valence-electron chi connectivity index (χ4n) is 2.16. The van der Waals surface area contributed by atoms with E-state index in [-0.39, 0.29) is 5.41 Å². The molecular formula is C18H22O. The van der Waals surface area contributed by atoms with Crippen molar-refractivity contribution in [1.29, 1.82) is 0 Å². The zero-order valence-corrected chi connectivity index (χ0v) is 11.9. The highest BCUT2D eigenvalue weighted by Crippen LogP contribution is 2.25. The molecule has 0 aliphatic heterocycles. The van der Waals surface area contributed by atoms with Gasteiger partial charge in [-0.2, -0.15) is 0 Å². The third-order valence-electron chi connectivity index (χ3n) is 3.43. The summed E-state index contributed by atoms with van der Waals surface area (Å²) < 4.78 is 0. The number of hydrogen-bond acceptors (Lipinski definition) is 1. The molecule has 1 atom stereocenters. The zero-order valence-electron chi connectivity index (χ0n) is 11.9. The van der Waals surface area contributed by atoms with Crippen LogP contribution >= 0.6 is 0 Å². The Labute approximate surface area is 115 Å². The molecule has 0 heterocycles. The van der Waals surface area contributed by atoms with Crippen LogP contribution in [0, 0.1) is 0 Å². The van der Waals surface area contributed by atoms with Gasteiger partial charge in [0.2, 0.25) is 0 Å². The minimum atomic E-state index is -0.434. The molecule has 0 aliphatic carbocycles. The van der Waals surface area contributed by atoms with Crippen molar-refractivity contribution in [2.75, 3.05) is 0 Å². The third-order valence-corrected chi connectivity index (χ3v) is 3.43. The second kappa shape index (κ2) is 5.58. The molecule has 0 saturated heterocycles. The van der Waals surface area contributed by atoms with Gasteiger partial charge in [0.25, 0.3) is 0 Å². The summed E-state index contributed by atoms with van der Waals surface area (Å²) in [5.41, 5.74) is 3.60. The molecule has 0 aromatic heterocycles. The molecule has 0 spiro atoms. The lowest BCUT2D eigenvalue weighted by Gasteiger charge is -2.20. The second-order valence-corrected chi connectivity index (χ2v) is 6.08. The van der Waals surface area contributed by atoms with Crippen LogP contribution in [0.2, 0.25) is 0 Å². The summed E-state index contributed by atoms with van der Waals surface area (Å²) in [6.07, 6.45) is 0.229. The Kier molecular flexibility index (Phi) is 4.06. The summed E-state index contributed by atoms with van der Waals surface area (Å²) in [6, 6.07) is 18.4. The van der Waals surface area contributed by atoms with Gasteiger partial charge in [-0.15, -0.1) is 0 Å². The molecule has 2 aromatic rings. The highest BCUT2D eigenvalue weighted by molar-refractivity contribution is 5.29. The second-order valence-electron chi connectivity index (χ2n) is 6.08. The van der Waals surface area contributed by atoms with Gasteiger partial charge in [-0.05, 0) is 22.1 Å². The van der Waals surface area contributed by atoms with Crippen LogP contribution in [0.3, 0.4) is 0 Å². The van der Waals surface area contributed by atoms with Gasteiger partial charge >= 0.3 is 0 Å². The normalized spacial score (nSPS) is 13.3. The van der Waals surface area contributed by atoms with Gasteiger partial charge in [0.15, 0.2) is 0 Å². The minimum absolute atomic E-state index is 0.156. The Morgan fingerprint density at radius 3 is 2.00 bits per heavy atom. The number of aliphatic hydroxyl groups is 1. The van der Waals surface area contributed by atoms with Gasteiger partial charge in [-0.3, -0.25) is 0 Å². The molecule has 1 heteroatoms.